The van der Waals surface area contributed by atoms with E-state index in [1.165, 1.54) is 0 Å². The van der Waals surface area contributed by atoms with E-state index >= 15 is 0 Å². The number of hydrogen-bond acceptors (Lipinski definition) is 3. The van der Waals surface area contributed by atoms with Crippen LogP contribution in [0.2, 0.25) is 5.02 Å². The Morgan fingerprint density at radius 3 is 2.50 bits per heavy atom. The quantitative estimate of drug-likeness (QED) is 0.770. The molecular weight excluding hydrogens is 328 g/mol. The molecule has 0 unspecified atom stereocenters. The van der Waals surface area contributed by atoms with Crippen LogP contribution in [0, 0.1) is 0 Å². The molecule has 0 aromatic heterocycles. The second kappa shape index (κ2) is 8.93. The largest absolute Gasteiger partial charge is 0.491 e. The molecule has 0 heterocycles. The van der Waals surface area contributed by atoms with Crippen LogP contribution in [-0.4, -0.2) is 18.4 Å². The van der Waals surface area contributed by atoms with Gasteiger partial charge in [0.1, 0.15) is 5.75 Å². The summed E-state index contributed by atoms with van der Waals surface area (Å²) in [5.74, 6) is -0.0676. The molecule has 0 aliphatic carbocycles. The van der Waals surface area contributed by atoms with E-state index in [1.54, 1.807) is 30.3 Å². The first-order valence-corrected chi connectivity index (χ1v) is 7.97. The Labute approximate surface area is 145 Å². The normalized spacial score (nSPS) is 10.2. The van der Waals surface area contributed by atoms with Gasteiger partial charge in [0.15, 0.2) is 0 Å². The van der Waals surface area contributed by atoms with Crippen molar-refractivity contribution in [3.63, 3.8) is 0 Å². The van der Waals surface area contributed by atoms with E-state index in [9.17, 15) is 9.59 Å². The molecular formula is C18H19ClN2O3. The Morgan fingerprint density at radius 2 is 1.75 bits per heavy atom. The number of carbonyl (C=O) groups excluding carboxylic acids is 2. The minimum Gasteiger partial charge on any atom is -0.491 e. The molecule has 2 amide bonds. The SMILES string of the molecule is NC(=O)CCOc1ccccc1NC(=O)CCc1ccccc1Cl. The second-order valence-corrected chi connectivity index (χ2v) is 5.61. The van der Waals surface area contributed by atoms with Crippen molar-refractivity contribution in [2.45, 2.75) is 19.3 Å². The van der Waals surface area contributed by atoms with E-state index in [4.69, 9.17) is 22.1 Å². The van der Waals surface area contributed by atoms with Crippen LogP contribution in [0.3, 0.4) is 0 Å². The van der Waals surface area contributed by atoms with E-state index in [1.807, 2.05) is 18.2 Å². The highest BCUT2D eigenvalue weighted by Gasteiger charge is 2.09. The summed E-state index contributed by atoms with van der Waals surface area (Å²) >= 11 is 6.09. The van der Waals surface area contributed by atoms with Crippen molar-refractivity contribution in [2.24, 2.45) is 5.73 Å². The van der Waals surface area contributed by atoms with Crippen molar-refractivity contribution in [2.75, 3.05) is 11.9 Å². The number of aryl methyl sites for hydroxylation is 1. The first-order valence-electron chi connectivity index (χ1n) is 7.59. The summed E-state index contributed by atoms with van der Waals surface area (Å²) in [6.45, 7) is 0.168. The van der Waals surface area contributed by atoms with Crippen LogP contribution in [0.4, 0.5) is 5.69 Å². The molecule has 24 heavy (non-hydrogen) atoms. The highest BCUT2D eigenvalue weighted by molar-refractivity contribution is 6.31. The van der Waals surface area contributed by atoms with Crippen LogP contribution in [0.25, 0.3) is 0 Å². The number of benzene rings is 2. The molecule has 0 saturated carbocycles. The zero-order chi connectivity index (χ0) is 17.4. The number of halogens is 1. The van der Waals surface area contributed by atoms with Crippen molar-refractivity contribution in [3.05, 3.63) is 59.1 Å². The number of nitrogens with one attached hydrogen (secondary N) is 1. The van der Waals surface area contributed by atoms with Gasteiger partial charge in [-0.3, -0.25) is 9.59 Å². The number of para-hydroxylation sites is 2. The van der Waals surface area contributed by atoms with Crippen molar-refractivity contribution in [1.29, 1.82) is 0 Å². The number of ether oxygens (including phenoxy) is 1. The molecule has 126 valence electrons. The van der Waals surface area contributed by atoms with Crippen molar-refractivity contribution >= 4 is 29.1 Å². The lowest BCUT2D eigenvalue weighted by Crippen LogP contribution is -2.16. The van der Waals surface area contributed by atoms with Crippen LogP contribution >= 0.6 is 11.6 Å². The van der Waals surface area contributed by atoms with Crippen molar-refractivity contribution in [1.82, 2.24) is 0 Å². The molecule has 0 radical (unpaired) electrons. The molecule has 3 N–H and O–H groups in total. The van der Waals surface area contributed by atoms with E-state index in [-0.39, 0.29) is 18.9 Å². The maximum absolute atomic E-state index is 12.1. The van der Waals surface area contributed by atoms with Gasteiger partial charge in [0, 0.05) is 11.4 Å². The monoisotopic (exact) mass is 346 g/mol. The van der Waals surface area contributed by atoms with Gasteiger partial charge >= 0.3 is 0 Å². The number of rotatable bonds is 8. The van der Waals surface area contributed by atoms with Crippen LogP contribution in [0.5, 0.6) is 5.75 Å². The van der Waals surface area contributed by atoms with E-state index in [2.05, 4.69) is 5.32 Å². The summed E-state index contributed by atoms with van der Waals surface area (Å²) in [5, 5.41) is 3.47. The van der Waals surface area contributed by atoms with Gasteiger partial charge in [0.2, 0.25) is 11.8 Å². The maximum Gasteiger partial charge on any atom is 0.224 e. The Hall–Kier alpha value is -2.53. The number of carbonyl (C=O) groups is 2. The molecule has 0 spiro atoms. The Bertz CT molecular complexity index is 719. The zero-order valence-electron chi connectivity index (χ0n) is 13.1. The van der Waals surface area contributed by atoms with Crippen LogP contribution in [0.15, 0.2) is 48.5 Å². The fourth-order valence-electron chi connectivity index (χ4n) is 2.12. The summed E-state index contributed by atoms with van der Waals surface area (Å²) < 4.78 is 5.49. The van der Waals surface area contributed by atoms with Crippen molar-refractivity contribution < 1.29 is 14.3 Å². The fourth-order valence-corrected chi connectivity index (χ4v) is 2.35. The zero-order valence-corrected chi connectivity index (χ0v) is 13.9. The molecule has 0 bridgehead atoms. The molecule has 0 atom stereocenters. The molecule has 0 fully saturated rings. The average Bonchev–Trinajstić information content (AvgIpc) is 2.55. The summed E-state index contributed by atoms with van der Waals surface area (Å²) in [7, 11) is 0. The molecule has 0 saturated heterocycles. The number of amides is 2. The number of nitrogens with two attached hydrogens (primary N) is 1. The fraction of sp³-hybridized carbons (Fsp3) is 0.222. The number of anilines is 1. The minimum atomic E-state index is -0.434. The summed E-state index contributed by atoms with van der Waals surface area (Å²) in [4.78, 5) is 22.9. The van der Waals surface area contributed by atoms with Gasteiger partial charge in [-0.2, -0.15) is 0 Å². The van der Waals surface area contributed by atoms with Gasteiger partial charge < -0.3 is 15.8 Å². The number of primary amides is 1. The van der Waals surface area contributed by atoms with Crippen molar-refractivity contribution in [3.8, 4) is 5.75 Å². The van der Waals surface area contributed by atoms with E-state index < -0.39 is 5.91 Å². The van der Waals surface area contributed by atoms with Gasteiger partial charge in [-0.05, 0) is 30.2 Å². The third kappa shape index (κ3) is 5.59. The maximum atomic E-state index is 12.1. The van der Waals surface area contributed by atoms with Crippen LogP contribution < -0.4 is 15.8 Å². The lowest BCUT2D eigenvalue weighted by molar-refractivity contribution is -0.118. The molecule has 2 aromatic rings. The van der Waals surface area contributed by atoms with Crippen LogP contribution in [0.1, 0.15) is 18.4 Å². The molecule has 0 aliphatic rings. The second-order valence-electron chi connectivity index (χ2n) is 5.20. The van der Waals surface area contributed by atoms with Gasteiger partial charge in [-0.25, -0.2) is 0 Å². The highest BCUT2D eigenvalue weighted by atomic mass is 35.5. The molecule has 2 rings (SSSR count). The first-order chi connectivity index (χ1) is 11.6. The first kappa shape index (κ1) is 17.8. The topological polar surface area (TPSA) is 81.4 Å². The predicted molar refractivity (Wildman–Crippen MR) is 94.2 cm³/mol. The molecule has 2 aromatic carbocycles. The Morgan fingerprint density at radius 1 is 1.04 bits per heavy atom. The lowest BCUT2D eigenvalue weighted by Gasteiger charge is -2.12. The van der Waals surface area contributed by atoms with E-state index in [0.29, 0.717) is 29.3 Å². The lowest BCUT2D eigenvalue weighted by atomic mass is 10.1. The third-order valence-electron chi connectivity index (χ3n) is 3.35. The molecule has 5 nitrogen and oxygen atoms in total. The predicted octanol–water partition coefficient (Wildman–Crippen LogP) is 3.17. The van der Waals surface area contributed by atoms with E-state index in [0.717, 1.165) is 5.56 Å². The standard InChI is InChI=1S/C18H19ClN2O3/c19-14-6-2-1-5-13(14)9-10-18(23)21-15-7-3-4-8-16(15)24-12-11-17(20)22/h1-8H,9-12H2,(H2,20,22)(H,21,23). The van der Waals surface area contributed by atoms with Gasteiger partial charge in [-0.15, -0.1) is 0 Å². The third-order valence-corrected chi connectivity index (χ3v) is 3.72. The Kier molecular flexibility index (Phi) is 6.63. The molecule has 6 heteroatoms. The smallest absolute Gasteiger partial charge is 0.224 e. The summed E-state index contributed by atoms with van der Waals surface area (Å²) in [6, 6.07) is 14.5. The Balaban J connectivity index is 1.91. The van der Waals surface area contributed by atoms with Gasteiger partial charge in [0.25, 0.3) is 0 Å². The average molecular weight is 347 g/mol. The summed E-state index contributed by atoms with van der Waals surface area (Å²) in [5.41, 5.74) is 6.58. The van der Waals surface area contributed by atoms with Gasteiger partial charge in [0.05, 0.1) is 18.7 Å². The molecule has 0 aliphatic heterocycles. The van der Waals surface area contributed by atoms with Crippen LogP contribution in [-0.2, 0) is 16.0 Å². The summed E-state index contributed by atoms with van der Waals surface area (Å²) in [6.07, 6.45) is 0.977. The minimum absolute atomic E-state index is 0.120. The highest BCUT2D eigenvalue weighted by Crippen LogP contribution is 2.24. The van der Waals surface area contributed by atoms with Gasteiger partial charge in [-0.1, -0.05) is 41.9 Å². The number of hydrogen-bond donors (Lipinski definition) is 2.